The molecule has 1 aromatic rings. The molecule has 4 heterocycles. The lowest BCUT2D eigenvalue weighted by Gasteiger charge is -2.43. The summed E-state index contributed by atoms with van der Waals surface area (Å²) in [6.45, 7) is 4.16. The zero-order valence-corrected chi connectivity index (χ0v) is 24.8. The van der Waals surface area contributed by atoms with Crippen molar-refractivity contribution in [3.8, 4) is 0 Å². The van der Waals surface area contributed by atoms with Crippen molar-refractivity contribution in [2.75, 3.05) is 19.6 Å². The first kappa shape index (κ1) is 30.5. The fourth-order valence-corrected chi connectivity index (χ4v) is 6.72. The number of rotatable bonds is 2. The van der Waals surface area contributed by atoms with Crippen LogP contribution < -0.4 is 10.6 Å². The molecule has 232 valence electrons. The maximum Gasteiger partial charge on any atom is 0.329 e. The number of esters is 1. The lowest BCUT2D eigenvalue weighted by atomic mass is 9.95. The highest BCUT2D eigenvalue weighted by Gasteiger charge is 2.46. The van der Waals surface area contributed by atoms with E-state index >= 15 is 0 Å². The second kappa shape index (κ2) is 13.1. The van der Waals surface area contributed by atoms with E-state index in [1.54, 1.807) is 35.2 Å². The van der Waals surface area contributed by atoms with Crippen molar-refractivity contribution in [3.05, 3.63) is 35.9 Å². The molecule has 0 aliphatic carbocycles. The average molecular weight is 596 g/mol. The third kappa shape index (κ3) is 6.37. The van der Waals surface area contributed by atoms with Gasteiger partial charge in [-0.1, -0.05) is 18.2 Å². The first-order chi connectivity index (χ1) is 20.7. The van der Waals surface area contributed by atoms with Crippen molar-refractivity contribution in [2.45, 2.75) is 102 Å². The summed E-state index contributed by atoms with van der Waals surface area (Å²) in [4.78, 5) is 86.5. The molecule has 0 bridgehead atoms. The van der Waals surface area contributed by atoms with Gasteiger partial charge in [-0.05, 0) is 77.3 Å². The van der Waals surface area contributed by atoms with Crippen LogP contribution in [0.25, 0.3) is 0 Å². The Bertz CT molecular complexity index is 1260. The van der Waals surface area contributed by atoms with Gasteiger partial charge in [0.1, 0.15) is 36.3 Å². The SMILES string of the molecule is C[C@@H]1NC(=O)[C@@H](NC(=O)c2ccccc2)[C@@H](C)OC(=O)[C@@H]2CCCCN2C(=O)[C@@H]2CCCCN2C(=O)[C@@H]2CCCN2C1=O. The Morgan fingerprint density at radius 1 is 0.744 bits per heavy atom. The van der Waals surface area contributed by atoms with Crippen LogP contribution in [0.3, 0.4) is 0 Å². The van der Waals surface area contributed by atoms with E-state index in [-0.39, 0.29) is 11.8 Å². The van der Waals surface area contributed by atoms with E-state index in [9.17, 15) is 28.8 Å². The van der Waals surface area contributed by atoms with Crippen molar-refractivity contribution in [2.24, 2.45) is 0 Å². The number of hydrogen-bond donors (Lipinski definition) is 2. The fraction of sp³-hybridized carbons (Fsp3) is 0.613. The summed E-state index contributed by atoms with van der Waals surface area (Å²) >= 11 is 0. The van der Waals surface area contributed by atoms with Crippen LogP contribution in [-0.4, -0.2) is 106 Å². The van der Waals surface area contributed by atoms with Crippen LogP contribution in [0.2, 0.25) is 0 Å². The number of cyclic esters (lactones) is 1. The fourth-order valence-electron chi connectivity index (χ4n) is 6.72. The van der Waals surface area contributed by atoms with Gasteiger partial charge in [-0.2, -0.15) is 0 Å². The highest BCUT2D eigenvalue weighted by atomic mass is 16.5. The summed E-state index contributed by atoms with van der Waals surface area (Å²) in [7, 11) is 0. The van der Waals surface area contributed by atoms with E-state index in [2.05, 4.69) is 10.6 Å². The number of hydrogen-bond acceptors (Lipinski definition) is 7. The molecule has 5 amide bonds. The predicted molar refractivity (Wildman–Crippen MR) is 154 cm³/mol. The Labute approximate surface area is 251 Å². The van der Waals surface area contributed by atoms with Gasteiger partial charge in [0.15, 0.2) is 0 Å². The van der Waals surface area contributed by atoms with Crippen LogP contribution in [0.4, 0.5) is 0 Å². The summed E-state index contributed by atoms with van der Waals surface area (Å²) in [5.41, 5.74) is 0.310. The first-order valence-electron chi connectivity index (χ1n) is 15.5. The molecular weight excluding hydrogens is 554 g/mol. The number of ether oxygens (including phenoxy) is 1. The largest absolute Gasteiger partial charge is 0.458 e. The Kier molecular flexibility index (Phi) is 9.31. The highest BCUT2D eigenvalue weighted by molar-refractivity contribution is 5.99. The maximum atomic E-state index is 14.0. The number of carbonyl (C=O) groups is 6. The molecule has 4 fully saturated rings. The van der Waals surface area contributed by atoms with Gasteiger partial charge >= 0.3 is 5.97 Å². The van der Waals surface area contributed by atoms with Crippen molar-refractivity contribution in [1.29, 1.82) is 0 Å². The highest BCUT2D eigenvalue weighted by Crippen LogP contribution is 2.28. The monoisotopic (exact) mass is 595 g/mol. The van der Waals surface area contributed by atoms with Crippen LogP contribution in [0.5, 0.6) is 0 Å². The molecule has 4 saturated heterocycles. The van der Waals surface area contributed by atoms with Gasteiger partial charge in [0.05, 0.1) is 0 Å². The summed E-state index contributed by atoms with van der Waals surface area (Å²) in [6, 6.07) is 3.67. The molecule has 12 nitrogen and oxygen atoms in total. The van der Waals surface area contributed by atoms with E-state index in [0.29, 0.717) is 57.3 Å². The molecule has 0 radical (unpaired) electrons. The normalized spacial score (nSPS) is 31.0. The Morgan fingerprint density at radius 2 is 1.28 bits per heavy atom. The number of nitrogens with zero attached hydrogens (tertiary/aromatic N) is 3. The number of fused-ring (bicyclic) bond motifs is 3. The summed E-state index contributed by atoms with van der Waals surface area (Å²) < 4.78 is 5.79. The minimum atomic E-state index is -1.32. The summed E-state index contributed by atoms with van der Waals surface area (Å²) in [5, 5.41) is 5.36. The van der Waals surface area contributed by atoms with Gasteiger partial charge in [0.25, 0.3) is 5.91 Å². The molecule has 1 aromatic carbocycles. The minimum absolute atomic E-state index is 0.271. The molecule has 4 aliphatic heterocycles. The maximum absolute atomic E-state index is 14.0. The second-order valence-corrected chi connectivity index (χ2v) is 12.0. The number of amides is 5. The minimum Gasteiger partial charge on any atom is -0.458 e. The van der Waals surface area contributed by atoms with Gasteiger partial charge < -0.3 is 30.1 Å². The van der Waals surface area contributed by atoms with E-state index in [0.717, 1.165) is 19.3 Å². The molecule has 2 N–H and O–H groups in total. The molecule has 5 rings (SSSR count). The van der Waals surface area contributed by atoms with Crippen LogP contribution in [0, 0.1) is 0 Å². The zero-order chi connectivity index (χ0) is 30.7. The average Bonchev–Trinajstić information content (AvgIpc) is 3.52. The topological polar surface area (TPSA) is 145 Å². The van der Waals surface area contributed by atoms with Crippen molar-refractivity contribution >= 4 is 35.5 Å². The summed E-state index contributed by atoms with van der Waals surface area (Å²) in [5.74, 6) is -2.90. The van der Waals surface area contributed by atoms with E-state index in [4.69, 9.17) is 4.74 Å². The van der Waals surface area contributed by atoms with Crippen LogP contribution in [0.1, 0.15) is 75.6 Å². The van der Waals surface area contributed by atoms with E-state index in [1.165, 1.54) is 23.6 Å². The second-order valence-electron chi connectivity index (χ2n) is 12.0. The van der Waals surface area contributed by atoms with Gasteiger partial charge in [-0.15, -0.1) is 0 Å². The molecular formula is C31H41N5O7. The van der Waals surface area contributed by atoms with Crippen molar-refractivity contribution in [3.63, 3.8) is 0 Å². The van der Waals surface area contributed by atoms with Gasteiger partial charge in [-0.25, -0.2) is 4.79 Å². The Morgan fingerprint density at radius 3 is 1.93 bits per heavy atom. The number of benzene rings is 1. The quantitative estimate of drug-likeness (QED) is 0.485. The van der Waals surface area contributed by atoms with Crippen LogP contribution in [-0.2, 0) is 28.7 Å². The van der Waals surface area contributed by atoms with Gasteiger partial charge in [0, 0.05) is 25.2 Å². The molecule has 0 aromatic heterocycles. The number of carbonyl (C=O) groups excluding carboxylic acids is 6. The molecule has 0 spiro atoms. The zero-order valence-electron chi connectivity index (χ0n) is 24.8. The number of piperidine rings is 2. The smallest absolute Gasteiger partial charge is 0.329 e. The van der Waals surface area contributed by atoms with E-state index in [1.807, 2.05) is 0 Å². The number of nitrogens with one attached hydrogen (secondary N) is 2. The lowest BCUT2D eigenvalue weighted by molar-refractivity contribution is -0.166. The van der Waals surface area contributed by atoms with Crippen molar-refractivity contribution in [1.82, 2.24) is 25.3 Å². The predicted octanol–water partition coefficient (Wildman–Crippen LogP) is 0.988. The standard InChI is InChI=1S/C31H41N5O7/c1-19-28(39)34-18-10-15-23(34)29(40)35-16-8-6-13-22(35)30(41)36-17-9-7-14-24(36)31(42)43-20(2)25(27(38)32-19)33-26(37)21-11-4-3-5-12-21/h3-5,11-12,19-20,22-25H,6-10,13-18H2,1-2H3,(H,32,38)(H,33,37)/t19-,20+,22-,23-,24-,25-/m0/s1. The third-order valence-electron chi connectivity index (χ3n) is 9.06. The molecule has 12 heteroatoms. The molecule has 43 heavy (non-hydrogen) atoms. The Hall–Kier alpha value is -3.96. The van der Waals surface area contributed by atoms with Gasteiger partial charge in [0.2, 0.25) is 23.6 Å². The van der Waals surface area contributed by atoms with Crippen LogP contribution in [0.15, 0.2) is 30.3 Å². The van der Waals surface area contributed by atoms with E-state index < -0.39 is 60.0 Å². The summed E-state index contributed by atoms with van der Waals surface area (Å²) in [6.07, 6.45) is 3.82. The third-order valence-corrected chi connectivity index (χ3v) is 9.06. The Balaban J connectivity index is 1.49. The molecule has 0 unspecified atom stereocenters. The molecule has 4 aliphatic rings. The van der Waals surface area contributed by atoms with Crippen LogP contribution >= 0.6 is 0 Å². The van der Waals surface area contributed by atoms with Gasteiger partial charge in [-0.3, -0.25) is 24.0 Å². The molecule has 0 saturated carbocycles. The lowest BCUT2D eigenvalue weighted by Crippen LogP contribution is -2.62. The molecule has 6 atom stereocenters. The first-order valence-corrected chi connectivity index (χ1v) is 15.5. The van der Waals surface area contributed by atoms with Crippen molar-refractivity contribution < 1.29 is 33.5 Å².